The first-order chi connectivity index (χ1) is 16.1. The number of hydrogen-bond acceptors (Lipinski definition) is 9. The maximum Gasteiger partial charge on any atom is 0.236 e. The highest BCUT2D eigenvalue weighted by molar-refractivity contribution is 7.25. The predicted molar refractivity (Wildman–Crippen MR) is 132 cm³/mol. The molecule has 5 rings (SSSR count). The number of aromatic nitrogens is 3. The minimum atomic E-state index is 0.546. The van der Waals surface area contributed by atoms with Crippen molar-refractivity contribution in [2.45, 2.75) is 13.8 Å². The largest absolute Gasteiger partial charge is 0.493 e. The molecule has 33 heavy (non-hydrogen) atoms. The van der Waals surface area contributed by atoms with Gasteiger partial charge in [-0.2, -0.15) is 4.98 Å². The van der Waals surface area contributed by atoms with Gasteiger partial charge in [0.15, 0.2) is 11.5 Å². The van der Waals surface area contributed by atoms with Crippen LogP contribution in [0.15, 0.2) is 24.3 Å². The van der Waals surface area contributed by atoms with E-state index in [9.17, 15) is 0 Å². The Hall–Kier alpha value is -3.17. The second kappa shape index (κ2) is 8.99. The molecule has 9 heteroatoms. The summed E-state index contributed by atoms with van der Waals surface area (Å²) in [4.78, 5) is 17.9. The molecule has 4 aromatic rings. The minimum Gasteiger partial charge on any atom is -0.493 e. The number of fused-ring (bicyclic) bond motifs is 3. The summed E-state index contributed by atoms with van der Waals surface area (Å²) >= 11 is 1.58. The van der Waals surface area contributed by atoms with Crippen LogP contribution in [-0.4, -0.2) is 62.0 Å². The number of hydrogen-bond donors (Lipinski definition) is 1. The molecule has 0 atom stereocenters. The van der Waals surface area contributed by atoms with Gasteiger partial charge in [-0.3, -0.25) is 0 Å². The fraction of sp³-hybridized carbons (Fsp3) is 0.375. The van der Waals surface area contributed by atoms with E-state index in [0.29, 0.717) is 24.0 Å². The van der Waals surface area contributed by atoms with Crippen molar-refractivity contribution in [3.05, 3.63) is 29.8 Å². The molecule has 1 aliphatic heterocycles. The van der Waals surface area contributed by atoms with Crippen molar-refractivity contribution in [1.82, 2.24) is 20.3 Å². The molecule has 0 unspecified atom stereocenters. The number of benzene rings is 1. The van der Waals surface area contributed by atoms with Crippen molar-refractivity contribution in [3.8, 4) is 28.6 Å². The zero-order chi connectivity index (χ0) is 22.9. The molecule has 3 aromatic heterocycles. The lowest BCUT2D eigenvalue weighted by Crippen LogP contribution is -2.44. The monoisotopic (exact) mass is 465 g/mol. The van der Waals surface area contributed by atoms with E-state index in [1.807, 2.05) is 25.1 Å². The third-order valence-corrected chi connectivity index (χ3v) is 6.86. The van der Waals surface area contributed by atoms with E-state index in [1.54, 1.807) is 25.6 Å². The number of methoxy groups -OCH3 is 2. The van der Waals surface area contributed by atoms with Gasteiger partial charge >= 0.3 is 0 Å². The van der Waals surface area contributed by atoms with Gasteiger partial charge in [0.2, 0.25) is 11.8 Å². The topological polar surface area (TPSA) is 81.6 Å². The molecule has 0 spiro atoms. The zero-order valence-corrected chi connectivity index (χ0v) is 20.1. The number of anilines is 1. The van der Waals surface area contributed by atoms with Gasteiger partial charge in [-0.15, -0.1) is 11.3 Å². The van der Waals surface area contributed by atoms with Crippen LogP contribution in [-0.2, 0) is 0 Å². The molecule has 1 aliphatic rings. The molecule has 0 saturated carbocycles. The molecule has 1 aromatic carbocycles. The van der Waals surface area contributed by atoms with Gasteiger partial charge < -0.3 is 24.4 Å². The van der Waals surface area contributed by atoms with Crippen molar-refractivity contribution in [2.75, 3.05) is 51.9 Å². The third-order valence-electron chi connectivity index (χ3n) is 5.80. The first-order valence-electron chi connectivity index (χ1n) is 11.1. The first kappa shape index (κ1) is 21.7. The Labute approximate surface area is 196 Å². The van der Waals surface area contributed by atoms with Crippen LogP contribution in [0, 0.1) is 6.92 Å². The number of rotatable bonds is 6. The van der Waals surface area contributed by atoms with E-state index in [4.69, 9.17) is 29.2 Å². The van der Waals surface area contributed by atoms with Crippen LogP contribution in [0.4, 0.5) is 5.95 Å². The zero-order valence-electron chi connectivity index (χ0n) is 19.3. The Morgan fingerprint density at radius 3 is 2.55 bits per heavy atom. The molecule has 0 radical (unpaired) electrons. The van der Waals surface area contributed by atoms with Gasteiger partial charge in [-0.25, -0.2) is 9.97 Å². The van der Waals surface area contributed by atoms with E-state index in [0.717, 1.165) is 69.4 Å². The third kappa shape index (κ3) is 3.91. The number of thiophene rings is 1. The Morgan fingerprint density at radius 2 is 1.82 bits per heavy atom. The van der Waals surface area contributed by atoms with Crippen LogP contribution in [0.1, 0.15) is 12.5 Å². The molecule has 4 heterocycles. The highest BCUT2D eigenvalue weighted by atomic mass is 32.1. The summed E-state index contributed by atoms with van der Waals surface area (Å²) in [5.74, 6) is 2.72. The predicted octanol–water partition coefficient (Wildman–Crippen LogP) is 4.04. The van der Waals surface area contributed by atoms with E-state index in [2.05, 4.69) is 23.2 Å². The molecule has 1 saturated heterocycles. The molecular weight excluding hydrogens is 438 g/mol. The fourth-order valence-electron chi connectivity index (χ4n) is 4.17. The van der Waals surface area contributed by atoms with Gasteiger partial charge in [-0.1, -0.05) is 0 Å². The second-order valence-corrected chi connectivity index (χ2v) is 8.85. The molecule has 0 aliphatic carbocycles. The van der Waals surface area contributed by atoms with Gasteiger partial charge in [0, 0.05) is 37.1 Å². The van der Waals surface area contributed by atoms with Crippen LogP contribution in [0.3, 0.4) is 0 Å². The van der Waals surface area contributed by atoms with E-state index in [-0.39, 0.29) is 0 Å². The quantitative estimate of drug-likeness (QED) is 0.457. The number of nitrogens with zero attached hydrogens (tertiary/aromatic N) is 4. The van der Waals surface area contributed by atoms with Crippen LogP contribution in [0.5, 0.6) is 17.4 Å². The second-order valence-electron chi connectivity index (χ2n) is 7.85. The van der Waals surface area contributed by atoms with Crippen LogP contribution in [0.2, 0.25) is 0 Å². The van der Waals surface area contributed by atoms with Crippen molar-refractivity contribution in [3.63, 3.8) is 0 Å². The molecule has 8 nitrogen and oxygen atoms in total. The van der Waals surface area contributed by atoms with Crippen molar-refractivity contribution in [1.29, 1.82) is 0 Å². The first-order valence-corrected chi connectivity index (χ1v) is 11.9. The maximum atomic E-state index is 5.95. The summed E-state index contributed by atoms with van der Waals surface area (Å²) in [5.41, 5.74) is 3.86. The molecule has 0 amide bonds. The number of piperazine rings is 1. The summed E-state index contributed by atoms with van der Waals surface area (Å²) in [6.45, 7) is 8.22. The van der Waals surface area contributed by atoms with E-state index in [1.165, 1.54) is 0 Å². The summed E-state index contributed by atoms with van der Waals surface area (Å²) in [7, 11) is 3.27. The highest BCUT2D eigenvalue weighted by Gasteiger charge is 2.22. The number of ether oxygens (including phenoxy) is 3. The molecule has 1 fully saturated rings. The Balaban J connectivity index is 1.67. The van der Waals surface area contributed by atoms with E-state index < -0.39 is 0 Å². The van der Waals surface area contributed by atoms with Crippen LogP contribution in [0.25, 0.3) is 31.7 Å². The SMILES string of the molecule is CCOc1nc(N2CCNCC2)nc2c1sc1nc(-c3ccc(OC)c(OC)c3)cc(C)c12. The summed E-state index contributed by atoms with van der Waals surface area (Å²) in [6, 6.07) is 7.95. The smallest absolute Gasteiger partial charge is 0.236 e. The van der Waals surface area contributed by atoms with E-state index >= 15 is 0 Å². The summed E-state index contributed by atoms with van der Waals surface area (Å²) in [6.07, 6.45) is 0. The number of nitrogens with one attached hydrogen (secondary N) is 1. The van der Waals surface area contributed by atoms with Gasteiger partial charge in [0.25, 0.3) is 0 Å². The molecule has 172 valence electrons. The Kier molecular flexibility index (Phi) is 5.90. The van der Waals surface area contributed by atoms with Crippen molar-refractivity contribution < 1.29 is 14.2 Å². The van der Waals surface area contributed by atoms with Crippen molar-refractivity contribution in [2.24, 2.45) is 0 Å². The fourth-order valence-corrected chi connectivity index (χ4v) is 5.30. The normalized spacial score (nSPS) is 14.1. The standard InChI is InChI=1S/C24H27N5O3S/c1-5-32-22-21-20(27-24(28-22)29-10-8-25-9-11-29)19-14(2)12-16(26-23(19)33-21)15-6-7-17(30-3)18(13-15)31-4/h6-7,12-13,25H,5,8-11H2,1-4H3. The lowest BCUT2D eigenvalue weighted by Gasteiger charge is -2.27. The number of aryl methyl sites for hydroxylation is 1. The summed E-state index contributed by atoms with van der Waals surface area (Å²) < 4.78 is 17.7. The average molecular weight is 466 g/mol. The van der Waals surface area contributed by atoms with Crippen molar-refractivity contribution >= 4 is 37.7 Å². The Morgan fingerprint density at radius 1 is 1.03 bits per heavy atom. The van der Waals surface area contributed by atoms with Crippen LogP contribution >= 0.6 is 11.3 Å². The van der Waals surface area contributed by atoms with Gasteiger partial charge in [-0.05, 0) is 43.7 Å². The molecule has 0 bridgehead atoms. The summed E-state index contributed by atoms with van der Waals surface area (Å²) in [5, 5.41) is 4.43. The molecular formula is C24H27N5O3S. The molecule has 1 N–H and O–H groups in total. The lowest BCUT2D eigenvalue weighted by molar-refractivity contribution is 0.331. The van der Waals surface area contributed by atoms with Crippen LogP contribution < -0.4 is 24.4 Å². The number of pyridine rings is 1. The highest BCUT2D eigenvalue weighted by Crippen LogP contribution is 2.41. The average Bonchev–Trinajstić information content (AvgIpc) is 3.23. The van der Waals surface area contributed by atoms with Gasteiger partial charge in [0.05, 0.1) is 26.5 Å². The Bertz CT molecular complexity index is 1320. The minimum absolute atomic E-state index is 0.546. The maximum absolute atomic E-state index is 5.95. The lowest BCUT2D eigenvalue weighted by atomic mass is 10.1. The van der Waals surface area contributed by atoms with Gasteiger partial charge in [0.1, 0.15) is 15.0 Å².